The zero-order valence-corrected chi connectivity index (χ0v) is 21.7. The average molecular weight is 567 g/mol. The van der Waals surface area contributed by atoms with Crippen LogP contribution >= 0.6 is 23.2 Å². The number of ether oxygens (including phenoxy) is 2. The minimum absolute atomic E-state index is 0.0368. The molecule has 2 aromatic carbocycles. The number of nitrogens with one attached hydrogen (secondary N) is 1. The molecule has 1 atom stereocenters. The number of hydrazone groups is 1. The van der Waals surface area contributed by atoms with Crippen LogP contribution in [0, 0.1) is 11.5 Å². The number of amides is 1. The molecule has 0 bridgehead atoms. The number of aliphatic imine (C=N–C) groups is 1. The number of alkyl halides is 2. The van der Waals surface area contributed by atoms with Crippen molar-refractivity contribution in [2.24, 2.45) is 10.1 Å². The lowest BCUT2D eigenvalue weighted by molar-refractivity contribution is -0.150. The lowest BCUT2D eigenvalue weighted by Gasteiger charge is -2.29. The molecule has 1 aliphatic rings. The Labute approximate surface area is 227 Å². The highest BCUT2D eigenvalue weighted by Gasteiger charge is 2.36. The van der Waals surface area contributed by atoms with E-state index in [0.717, 1.165) is 0 Å². The fourth-order valence-corrected chi connectivity index (χ4v) is 3.94. The lowest BCUT2D eigenvalue weighted by atomic mass is 10.0. The Morgan fingerprint density at radius 1 is 1.29 bits per heavy atom. The summed E-state index contributed by atoms with van der Waals surface area (Å²) in [6.45, 7) is -0.255. The van der Waals surface area contributed by atoms with Crippen molar-refractivity contribution in [3.05, 3.63) is 58.1 Å². The van der Waals surface area contributed by atoms with Gasteiger partial charge in [-0.1, -0.05) is 35.3 Å². The van der Waals surface area contributed by atoms with E-state index in [1.165, 1.54) is 41.1 Å². The molecule has 1 unspecified atom stereocenters. The molecule has 200 valence electrons. The number of carbonyl (C=O) groups excluding carboxylic acids is 2. The number of rotatable bonds is 8. The summed E-state index contributed by atoms with van der Waals surface area (Å²) in [6.07, 6.45) is 1.78. The van der Waals surface area contributed by atoms with E-state index in [0.29, 0.717) is 16.3 Å². The second-order valence-electron chi connectivity index (χ2n) is 7.72. The van der Waals surface area contributed by atoms with Crippen LogP contribution in [0.1, 0.15) is 19.4 Å². The van der Waals surface area contributed by atoms with E-state index in [1.807, 2.05) is 0 Å². The molecule has 0 aliphatic carbocycles. The van der Waals surface area contributed by atoms with Crippen molar-refractivity contribution in [2.75, 3.05) is 19.7 Å². The van der Waals surface area contributed by atoms with E-state index in [2.05, 4.69) is 20.1 Å². The third-order valence-electron chi connectivity index (χ3n) is 5.23. The average Bonchev–Trinajstić information content (AvgIpc) is 3.29. The van der Waals surface area contributed by atoms with Crippen molar-refractivity contribution < 1.29 is 27.8 Å². The SMILES string of the molecule is CCN(C(=O)COC(C)=O)C1CN(C(=Nc2cccc(OC(F)F)c2)NC#N)N=C1c1ccc(Cl)c(Cl)c1. The van der Waals surface area contributed by atoms with Crippen LogP contribution in [-0.4, -0.2) is 65.8 Å². The van der Waals surface area contributed by atoms with Crippen LogP contribution in [0.3, 0.4) is 0 Å². The number of esters is 1. The standard InChI is InChI=1S/C24H22Cl2F2N6O4/c1-3-33(21(36)12-37-14(2)35)20-11-34(32-22(20)15-7-8-18(25)19(26)9-15)24(30-13-29)31-16-5-4-6-17(10-16)38-23(27)28/h4-10,20,23H,3,11-12H2,1-2H3,(H,30,31). The topological polar surface area (TPSA) is 120 Å². The molecule has 1 amide bonds. The Kier molecular flexibility index (Phi) is 9.81. The molecule has 0 fully saturated rings. The third-order valence-corrected chi connectivity index (χ3v) is 5.97. The fraction of sp³-hybridized carbons (Fsp3) is 0.292. The van der Waals surface area contributed by atoms with Gasteiger partial charge in [0, 0.05) is 25.1 Å². The normalized spacial score (nSPS) is 15.1. The van der Waals surface area contributed by atoms with E-state index in [1.54, 1.807) is 31.3 Å². The summed E-state index contributed by atoms with van der Waals surface area (Å²) in [4.78, 5) is 30.0. The predicted molar refractivity (Wildman–Crippen MR) is 136 cm³/mol. The Morgan fingerprint density at radius 2 is 2.05 bits per heavy atom. The van der Waals surface area contributed by atoms with E-state index >= 15 is 0 Å². The number of benzene rings is 2. The van der Waals surface area contributed by atoms with Crippen molar-refractivity contribution in [3.8, 4) is 11.9 Å². The number of halogens is 4. The van der Waals surface area contributed by atoms with Gasteiger partial charge in [-0.3, -0.25) is 14.9 Å². The van der Waals surface area contributed by atoms with Gasteiger partial charge in [0.1, 0.15) is 5.75 Å². The number of carbonyl (C=O) groups is 2. The van der Waals surface area contributed by atoms with Crippen molar-refractivity contribution in [1.29, 1.82) is 5.26 Å². The summed E-state index contributed by atoms with van der Waals surface area (Å²) in [5, 5.41) is 18.3. The maximum atomic E-state index is 12.9. The summed E-state index contributed by atoms with van der Waals surface area (Å²) < 4.78 is 34.6. The molecular formula is C24H22Cl2F2N6O4. The van der Waals surface area contributed by atoms with Gasteiger partial charge in [-0.2, -0.15) is 19.1 Å². The highest BCUT2D eigenvalue weighted by molar-refractivity contribution is 6.42. The van der Waals surface area contributed by atoms with E-state index in [9.17, 15) is 23.6 Å². The number of hydrogen-bond donors (Lipinski definition) is 1. The second-order valence-corrected chi connectivity index (χ2v) is 8.53. The van der Waals surface area contributed by atoms with Crippen molar-refractivity contribution >= 4 is 52.4 Å². The molecule has 0 radical (unpaired) electrons. The van der Waals surface area contributed by atoms with Gasteiger partial charge in [-0.15, -0.1) is 0 Å². The van der Waals surface area contributed by atoms with Gasteiger partial charge in [0.15, 0.2) is 12.8 Å². The van der Waals surface area contributed by atoms with Crippen molar-refractivity contribution in [1.82, 2.24) is 15.2 Å². The Morgan fingerprint density at radius 3 is 2.68 bits per heavy atom. The first-order chi connectivity index (χ1) is 18.1. The first-order valence-corrected chi connectivity index (χ1v) is 11.9. The number of nitrogens with zero attached hydrogens (tertiary/aromatic N) is 5. The number of guanidine groups is 1. The maximum absolute atomic E-state index is 12.9. The second kappa shape index (κ2) is 13.0. The predicted octanol–water partition coefficient (Wildman–Crippen LogP) is 4.15. The number of likely N-dealkylation sites (N-methyl/N-ethyl adjacent to an activating group) is 1. The summed E-state index contributed by atoms with van der Waals surface area (Å²) in [6, 6.07) is 9.76. The minimum Gasteiger partial charge on any atom is -0.456 e. The van der Waals surface area contributed by atoms with Gasteiger partial charge < -0.3 is 14.4 Å². The molecule has 1 aliphatic heterocycles. The third kappa shape index (κ3) is 7.30. The van der Waals surface area contributed by atoms with Crippen LogP contribution < -0.4 is 10.1 Å². The minimum atomic E-state index is -3.02. The highest BCUT2D eigenvalue weighted by Crippen LogP contribution is 2.27. The highest BCUT2D eigenvalue weighted by atomic mass is 35.5. The fourth-order valence-electron chi connectivity index (χ4n) is 3.64. The molecule has 0 aromatic heterocycles. The molecule has 38 heavy (non-hydrogen) atoms. The molecule has 1 N–H and O–H groups in total. The van der Waals surface area contributed by atoms with Crippen molar-refractivity contribution in [3.63, 3.8) is 0 Å². The van der Waals surface area contributed by atoms with Crippen LogP contribution in [0.25, 0.3) is 0 Å². The monoisotopic (exact) mass is 566 g/mol. The zero-order chi connectivity index (χ0) is 27.8. The molecule has 10 nitrogen and oxygen atoms in total. The van der Waals surface area contributed by atoms with Gasteiger partial charge >= 0.3 is 12.6 Å². The van der Waals surface area contributed by atoms with Crippen LogP contribution in [0.5, 0.6) is 5.75 Å². The van der Waals surface area contributed by atoms with E-state index < -0.39 is 31.1 Å². The summed E-state index contributed by atoms with van der Waals surface area (Å²) in [7, 11) is 0. The molecule has 0 saturated carbocycles. The summed E-state index contributed by atoms with van der Waals surface area (Å²) >= 11 is 12.3. The smallest absolute Gasteiger partial charge is 0.387 e. The molecule has 2 aromatic rings. The Bertz CT molecular complexity index is 1300. The molecule has 1 heterocycles. The van der Waals surface area contributed by atoms with Crippen LogP contribution in [-0.2, 0) is 14.3 Å². The molecule has 0 saturated heterocycles. The Hall–Kier alpha value is -3.95. The first-order valence-electron chi connectivity index (χ1n) is 11.2. The van der Waals surface area contributed by atoms with Gasteiger partial charge in [0.25, 0.3) is 5.91 Å². The summed E-state index contributed by atoms with van der Waals surface area (Å²) in [5.41, 5.74) is 1.16. The number of hydrogen-bond acceptors (Lipinski definition) is 7. The lowest BCUT2D eigenvalue weighted by Crippen LogP contribution is -2.49. The zero-order valence-electron chi connectivity index (χ0n) is 20.2. The van der Waals surface area contributed by atoms with E-state index in [4.69, 9.17) is 27.9 Å². The van der Waals surface area contributed by atoms with Gasteiger partial charge in [-0.05, 0) is 31.2 Å². The molecule has 14 heteroatoms. The summed E-state index contributed by atoms with van der Waals surface area (Å²) in [5.74, 6) is -1.23. The van der Waals surface area contributed by atoms with E-state index in [-0.39, 0.29) is 35.5 Å². The molecule has 3 rings (SSSR count). The molecular weight excluding hydrogens is 545 g/mol. The number of nitriles is 1. The molecule has 0 spiro atoms. The van der Waals surface area contributed by atoms with Gasteiger partial charge in [0.2, 0.25) is 5.96 Å². The quantitative estimate of drug-likeness (QED) is 0.167. The largest absolute Gasteiger partial charge is 0.456 e. The van der Waals surface area contributed by atoms with Gasteiger partial charge in [-0.25, -0.2) is 10.0 Å². The maximum Gasteiger partial charge on any atom is 0.387 e. The van der Waals surface area contributed by atoms with Crippen molar-refractivity contribution in [2.45, 2.75) is 26.5 Å². The van der Waals surface area contributed by atoms with Gasteiger partial charge in [0.05, 0.1) is 34.0 Å². The first kappa shape index (κ1) is 28.6. The Balaban J connectivity index is 2.03. The van der Waals surface area contributed by atoms with Crippen LogP contribution in [0.2, 0.25) is 10.0 Å². The van der Waals surface area contributed by atoms with Crippen LogP contribution in [0.4, 0.5) is 14.5 Å². The van der Waals surface area contributed by atoms with Crippen LogP contribution in [0.15, 0.2) is 52.6 Å².